The van der Waals surface area contributed by atoms with Crippen molar-refractivity contribution in [2.75, 3.05) is 26.7 Å². The Balaban J connectivity index is 1.95. The molecule has 6 nitrogen and oxygen atoms in total. The Bertz CT molecular complexity index is 532. The van der Waals surface area contributed by atoms with Crippen molar-refractivity contribution >= 4 is 11.8 Å². The number of nitrogens with zero attached hydrogens (tertiary/aromatic N) is 3. The first-order valence-corrected chi connectivity index (χ1v) is 6.79. The predicted molar refractivity (Wildman–Crippen MR) is 70.9 cm³/mol. The molecule has 1 aromatic rings. The summed E-state index contributed by atoms with van der Waals surface area (Å²) >= 11 is 0. The second-order valence-corrected chi connectivity index (χ2v) is 5.20. The lowest BCUT2D eigenvalue weighted by atomic mass is 10.1. The second-order valence-electron chi connectivity index (χ2n) is 5.20. The lowest BCUT2D eigenvalue weighted by molar-refractivity contribution is -0.127. The average Bonchev–Trinajstić information content (AvgIpc) is 3.04. The summed E-state index contributed by atoms with van der Waals surface area (Å²) in [7, 11) is 1.58. The van der Waals surface area contributed by atoms with Crippen molar-refractivity contribution in [3.63, 3.8) is 0 Å². The van der Waals surface area contributed by atoms with Crippen LogP contribution in [-0.4, -0.2) is 58.5 Å². The van der Waals surface area contributed by atoms with E-state index in [4.69, 9.17) is 0 Å². The Morgan fingerprint density at radius 3 is 2.86 bits per heavy atom. The van der Waals surface area contributed by atoms with Gasteiger partial charge in [0, 0.05) is 39.0 Å². The van der Waals surface area contributed by atoms with E-state index in [2.05, 4.69) is 10.2 Å². The molecule has 2 heterocycles. The smallest absolute Gasteiger partial charge is 0.279 e. The molecule has 2 amide bonds. The molecular weight excluding hydrogens is 282 g/mol. The third-order valence-corrected chi connectivity index (χ3v) is 3.61. The molecule has 8 heteroatoms. The molecule has 116 valence electrons. The molecule has 0 bridgehead atoms. The fourth-order valence-corrected chi connectivity index (χ4v) is 2.51. The molecule has 1 aromatic heterocycles. The van der Waals surface area contributed by atoms with Crippen LogP contribution in [0.4, 0.5) is 8.78 Å². The van der Waals surface area contributed by atoms with Crippen molar-refractivity contribution in [3.05, 3.63) is 17.5 Å². The van der Waals surface area contributed by atoms with Crippen LogP contribution in [0.5, 0.6) is 0 Å². The number of aromatic amines is 1. The van der Waals surface area contributed by atoms with Gasteiger partial charge in [-0.25, -0.2) is 8.78 Å². The molecule has 1 fully saturated rings. The Labute approximate surface area is 121 Å². The molecule has 0 saturated carbocycles. The SMILES string of the molecule is CCN1C[C@H](CN(C)C(=O)c2cc(C(F)F)[nH]n2)CC1=O. The van der Waals surface area contributed by atoms with Crippen LogP contribution in [0.2, 0.25) is 0 Å². The van der Waals surface area contributed by atoms with Crippen LogP contribution in [0.3, 0.4) is 0 Å². The number of halogens is 2. The molecule has 0 aliphatic carbocycles. The summed E-state index contributed by atoms with van der Waals surface area (Å²) in [5.74, 6) is -0.274. The molecule has 0 aromatic carbocycles. The maximum Gasteiger partial charge on any atom is 0.279 e. The summed E-state index contributed by atoms with van der Waals surface area (Å²) in [5, 5.41) is 5.75. The van der Waals surface area contributed by atoms with Crippen LogP contribution in [0.25, 0.3) is 0 Å². The summed E-state index contributed by atoms with van der Waals surface area (Å²) < 4.78 is 24.9. The van der Waals surface area contributed by atoms with Gasteiger partial charge in [0.2, 0.25) is 5.91 Å². The van der Waals surface area contributed by atoms with Crippen LogP contribution in [0.1, 0.15) is 36.0 Å². The molecule has 0 spiro atoms. The molecule has 2 rings (SSSR count). The Kier molecular flexibility index (Phi) is 4.54. The van der Waals surface area contributed by atoms with Gasteiger partial charge in [0.15, 0.2) is 5.69 Å². The molecule has 1 saturated heterocycles. The van der Waals surface area contributed by atoms with Crippen LogP contribution in [0, 0.1) is 5.92 Å². The van der Waals surface area contributed by atoms with Gasteiger partial charge < -0.3 is 9.80 Å². The van der Waals surface area contributed by atoms with E-state index in [1.54, 1.807) is 11.9 Å². The maximum absolute atomic E-state index is 12.5. The summed E-state index contributed by atoms with van der Waals surface area (Å²) in [4.78, 5) is 26.9. The van der Waals surface area contributed by atoms with Crippen LogP contribution in [-0.2, 0) is 4.79 Å². The highest BCUT2D eigenvalue weighted by Crippen LogP contribution is 2.20. The van der Waals surface area contributed by atoms with Crippen molar-refractivity contribution in [1.29, 1.82) is 0 Å². The molecule has 1 aliphatic rings. The number of alkyl halides is 2. The standard InChI is InChI=1S/C13H18F2N4O2/c1-3-19-7-8(4-11(19)20)6-18(2)13(21)10-5-9(12(14)15)16-17-10/h5,8,12H,3-4,6-7H2,1-2H3,(H,16,17)/t8-/m0/s1. The van der Waals surface area contributed by atoms with Crippen molar-refractivity contribution in [2.45, 2.75) is 19.8 Å². The maximum atomic E-state index is 12.5. The van der Waals surface area contributed by atoms with Gasteiger partial charge in [-0.1, -0.05) is 0 Å². The van der Waals surface area contributed by atoms with E-state index in [0.717, 1.165) is 6.07 Å². The van der Waals surface area contributed by atoms with Gasteiger partial charge in [0.1, 0.15) is 5.69 Å². The molecule has 1 N–H and O–H groups in total. The minimum Gasteiger partial charge on any atom is -0.343 e. The van der Waals surface area contributed by atoms with Crippen LogP contribution >= 0.6 is 0 Å². The van der Waals surface area contributed by atoms with E-state index in [0.29, 0.717) is 26.1 Å². The first-order valence-electron chi connectivity index (χ1n) is 6.79. The van der Waals surface area contributed by atoms with E-state index in [1.165, 1.54) is 4.90 Å². The number of hydrogen-bond acceptors (Lipinski definition) is 3. The van der Waals surface area contributed by atoms with E-state index in [-0.39, 0.29) is 23.2 Å². The third-order valence-electron chi connectivity index (χ3n) is 3.61. The van der Waals surface area contributed by atoms with Gasteiger partial charge >= 0.3 is 0 Å². The molecule has 0 unspecified atom stereocenters. The fraction of sp³-hybridized carbons (Fsp3) is 0.615. The third kappa shape index (κ3) is 3.37. The fourth-order valence-electron chi connectivity index (χ4n) is 2.51. The minimum absolute atomic E-state index is 0.0375. The van der Waals surface area contributed by atoms with Gasteiger partial charge in [0.25, 0.3) is 12.3 Å². The minimum atomic E-state index is -2.69. The Morgan fingerprint density at radius 2 is 2.33 bits per heavy atom. The van der Waals surface area contributed by atoms with Gasteiger partial charge in [-0.2, -0.15) is 5.10 Å². The number of amides is 2. The summed E-state index contributed by atoms with van der Waals surface area (Å²) in [5.41, 5.74) is -0.413. The zero-order chi connectivity index (χ0) is 15.6. The van der Waals surface area contributed by atoms with E-state index in [1.807, 2.05) is 6.92 Å². The monoisotopic (exact) mass is 300 g/mol. The van der Waals surface area contributed by atoms with Crippen molar-refractivity contribution in [2.24, 2.45) is 5.92 Å². The van der Waals surface area contributed by atoms with Gasteiger partial charge in [0.05, 0.1) is 0 Å². The van der Waals surface area contributed by atoms with E-state index < -0.39 is 12.3 Å². The molecular formula is C13H18F2N4O2. The highest BCUT2D eigenvalue weighted by molar-refractivity contribution is 5.92. The Morgan fingerprint density at radius 1 is 1.62 bits per heavy atom. The number of likely N-dealkylation sites (tertiary alicyclic amines) is 1. The zero-order valence-corrected chi connectivity index (χ0v) is 12.0. The lowest BCUT2D eigenvalue weighted by Crippen LogP contribution is -2.33. The summed E-state index contributed by atoms with van der Waals surface area (Å²) in [6, 6.07) is 1.06. The zero-order valence-electron chi connectivity index (χ0n) is 12.0. The van der Waals surface area contributed by atoms with Crippen LogP contribution in [0.15, 0.2) is 6.07 Å². The molecule has 1 aliphatic heterocycles. The normalized spacial score (nSPS) is 18.6. The number of rotatable bonds is 5. The molecule has 0 radical (unpaired) electrons. The second kappa shape index (κ2) is 6.19. The van der Waals surface area contributed by atoms with Crippen molar-refractivity contribution < 1.29 is 18.4 Å². The summed E-state index contributed by atoms with van der Waals surface area (Å²) in [6.07, 6.45) is -2.27. The first kappa shape index (κ1) is 15.4. The molecule has 1 atom stereocenters. The number of H-pyrrole nitrogens is 1. The summed E-state index contributed by atoms with van der Waals surface area (Å²) in [6.45, 7) is 3.59. The topological polar surface area (TPSA) is 69.3 Å². The van der Waals surface area contributed by atoms with Crippen molar-refractivity contribution in [1.82, 2.24) is 20.0 Å². The highest BCUT2D eigenvalue weighted by atomic mass is 19.3. The number of hydrogen-bond donors (Lipinski definition) is 1. The largest absolute Gasteiger partial charge is 0.343 e. The average molecular weight is 300 g/mol. The number of aromatic nitrogens is 2. The van der Waals surface area contributed by atoms with Crippen LogP contribution < -0.4 is 0 Å². The van der Waals surface area contributed by atoms with Crippen molar-refractivity contribution in [3.8, 4) is 0 Å². The van der Waals surface area contributed by atoms with Gasteiger partial charge in [-0.15, -0.1) is 0 Å². The molecule has 21 heavy (non-hydrogen) atoms. The highest BCUT2D eigenvalue weighted by Gasteiger charge is 2.30. The predicted octanol–water partition coefficient (Wildman–Crippen LogP) is 1.29. The van der Waals surface area contributed by atoms with E-state index in [9.17, 15) is 18.4 Å². The lowest BCUT2D eigenvalue weighted by Gasteiger charge is -2.20. The van der Waals surface area contributed by atoms with E-state index >= 15 is 0 Å². The number of nitrogens with one attached hydrogen (secondary N) is 1. The number of carbonyl (C=O) groups excluding carboxylic acids is 2. The quantitative estimate of drug-likeness (QED) is 0.891. The number of carbonyl (C=O) groups is 2. The first-order chi connectivity index (χ1) is 9.92. The van der Waals surface area contributed by atoms with Gasteiger partial charge in [-0.05, 0) is 13.0 Å². The Hall–Kier alpha value is -1.99. The van der Waals surface area contributed by atoms with Gasteiger partial charge in [-0.3, -0.25) is 14.7 Å².